The number of esters is 3. The third-order valence-corrected chi connectivity index (χ3v) is 9.41. The summed E-state index contributed by atoms with van der Waals surface area (Å²) >= 11 is -2.21. The molecule has 0 radical (unpaired) electrons. The van der Waals surface area contributed by atoms with Crippen molar-refractivity contribution in [2.24, 2.45) is 0 Å². The molecule has 36 heavy (non-hydrogen) atoms. The van der Waals surface area contributed by atoms with Gasteiger partial charge in [-0.15, -0.1) is 0 Å². The molecule has 0 aliphatic heterocycles. The maximum atomic E-state index is 11.9. The van der Waals surface area contributed by atoms with Crippen LogP contribution in [0.25, 0.3) is 0 Å². The van der Waals surface area contributed by atoms with Crippen molar-refractivity contribution in [1.29, 1.82) is 0 Å². The Morgan fingerprint density at radius 1 is 0.556 bits per heavy atom. The van der Waals surface area contributed by atoms with Crippen molar-refractivity contribution in [3.8, 4) is 0 Å². The van der Waals surface area contributed by atoms with Crippen molar-refractivity contribution in [3.05, 3.63) is 89.5 Å². The zero-order chi connectivity index (χ0) is 26.9. The van der Waals surface area contributed by atoms with Crippen molar-refractivity contribution >= 4 is 70.2 Å². The second kappa shape index (κ2) is 14.1. The third-order valence-electron chi connectivity index (χ3n) is 5.41. The van der Waals surface area contributed by atoms with Gasteiger partial charge in [0.15, 0.2) is 0 Å². The second-order valence-corrected chi connectivity index (χ2v) is 24.9. The average Bonchev–Trinajstić information content (AvgIpc) is 2.91. The Morgan fingerprint density at radius 3 is 0.917 bits per heavy atom. The van der Waals surface area contributed by atoms with E-state index in [4.69, 9.17) is 43.3 Å². The Hall–Kier alpha value is -2.01. The van der Waals surface area contributed by atoms with Crippen molar-refractivity contribution in [2.75, 3.05) is 28.0 Å². The number of ether oxygens (including phenoxy) is 3. The summed E-state index contributed by atoms with van der Waals surface area (Å²) in [7, 11) is 16.9. The monoisotopic (exact) mass is 620 g/mol. The van der Waals surface area contributed by atoms with Crippen molar-refractivity contribution in [3.63, 3.8) is 0 Å². The van der Waals surface area contributed by atoms with Crippen LogP contribution in [0.3, 0.4) is 0 Å². The third kappa shape index (κ3) is 7.50. The van der Waals surface area contributed by atoms with Gasteiger partial charge < -0.3 is 14.2 Å². The van der Waals surface area contributed by atoms with E-state index in [0.717, 1.165) is 15.9 Å². The fourth-order valence-corrected chi connectivity index (χ4v) is 6.62. The first-order valence-electron chi connectivity index (χ1n) is 10.6. The minimum absolute atomic E-state index is 0.401. The molecule has 0 saturated carbocycles. The number of methoxy groups -OCH3 is 3. The molecule has 3 aromatic rings. The van der Waals surface area contributed by atoms with Crippen LogP contribution < -0.4 is 15.9 Å². The number of benzene rings is 3. The van der Waals surface area contributed by atoms with Gasteiger partial charge in [-0.3, -0.25) is 0 Å². The van der Waals surface area contributed by atoms with Crippen molar-refractivity contribution in [2.45, 2.75) is 0 Å². The van der Waals surface area contributed by atoms with Crippen LogP contribution in [0, 0.1) is 0 Å². The van der Waals surface area contributed by atoms with Gasteiger partial charge in [0.2, 0.25) is 0 Å². The Bertz CT molecular complexity index is 1040. The van der Waals surface area contributed by atoms with Crippen LogP contribution in [0.4, 0.5) is 0 Å². The predicted octanol–water partition coefficient (Wildman–Crippen LogP) is 5.04. The predicted molar refractivity (Wildman–Crippen MR) is 143 cm³/mol. The van der Waals surface area contributed by atoms with E-state index in [0.29, 0.717) is 16.7 Å². The molecule has 0 bridgehead atoms. The van der Waals surface area contributed by atoms with E-state index in [-0.39, 0.29) is 0 Å². The molecule has 0 N–H and O–H groups in total. The van der Waals surface area contributed by atoms with Crippen LogP contribution in [0.1, 0.15) is 31.1 Å². The topological polar surface area (TPSA) is 78.9 Å². The number of halogens is 3. The standard InChI is InChI=1S/C25H24O6P.3ClH.Zn/c1-29-23(26)17-5-11-20(12-6-17)32(4,21-13-7-18(8-14-21)24(27)30-2)22-15-9-19(10-16-22)25(28)31-3;;;;/h5-16H,1-4H3;3*1H;/q+1;;;;+2/p-3. The van der Waals surface area contributed by atoms with Crippen molar-refractivity contribution < 1.29 is 41.6 Å². The summed E-state index contributed by atoms with van der Waals surface area (Å²) in [5.74, 6) is -1.20. The first-order chi connectivity index (χ1) is 17.1. The summed E-state index contributed by atoms with van der Waals surface area (Å²) in [6.45, 7) is 2.15. The van der Waals surface area contributed by atoms with Gasteiger partial charge >= 0.3 is 60.0 Å². The van der Waals surface area contributed by atoms with Gasteiger partial charge in [-0.2, -0.15) is 0 Å². The van der Waals surface area contributed by atoms with Gasteiger partial charge in [0.05, 0.1) is 44.7 Å². The van der Waals surface area contributed by atoms with Gasteiger partial charge in [0, 0.05) is 0 Å². The fraction of sp³-hybridized carbons (Fsp3) is 0.160. The normalized spacial score (nSPS) is 10.4. The van der Waals surface area contributed by atoms with E-state index >= 15 is 0 Å². The molecule has 0 unspecified atom stereocenters. The molecular weight excluding hydrogens is 599 g/mol. The molecule has 3 aromatic carbocycles. The first-order valence-corrected chi connectivity index (χ1v) is 24.5. The van der Waals surface area contributed by atoms with E-state index in [1.54, 1.807) is 36.4 Å². The Kier molecular flexibility index (Phi) is 11.8. The van der Waals surface area contributed by atoms with Crippen LogP contribution in [0.15, 0.2) is 72.8 Å². The SMILES string of the molecule is COC(=O)c1ccc([P+](C)(c2ccc(C(=O)OC)cc2)c2ccc(C(=O)OC)cc2)cc1.[Cl][Zn-]([Cl])[Cl]. The van der Waals surface area contributed by atoms with Crippen LogP contribution >= 0.6 is 36.3 Å². The van der Waals surface area contributed by atoms with Crippen molar-refractivity contribution in [1.82, 2.24) is 0 Å². The molecule has 6 nitrogen and oxygen atoms in total. The quantitative estimate of drug-likeness (QED) is 0.166. The molecule has 0 heterocycles. The zero-order valence-electron chi connectivity index (χ0n) is 20.2. The number of hydrogen-bond donors (Lipinski definition) is 0. The summed E-state index contributed by atoms with van der Waals surface area (Å²) in [5.41, 5.74) is 1.39. The van der Waals surface area contributed by atoms with E-state index < -0.39 is 38.1 Å². The number of hydrogen-bond acceptors (Lipinski definition) is 6. The summed E-state index contributed by atoms with van der Waals surface area (Å²) in [4.78, 5) is 35.6. The number of rotatable bonds is 6. The van der Waals surface area contributed by atoms with Crippen LogP contribution in [0.2, 0.25) is 0 Å². The molecule has 0 aliphatic carbocycles. The molecule has 3 rings (SSSR count). The second-order valence-electron chi connectivity index (χ2n) is 7.42. The van der Waals surface area contributed by atoms with Crippen LogP contribution in [-0.2, 0) is 27.2 Å². The average molecular weight is 623 g/mol. The maximum absolute atomic E-state index is 11.9. The minimum atomic E-state index is -2.21. The molecule has 0 aliphatic rings. The molecule has 188 valence electrons. The molecule has 11 heteroatoms. The molecule has 0 aromatic heterocycles. The Labute approximate surface area is 228 Å². The zero-order valence-corrected chi connectivity index (χ0v) is 26.3. The molecule has 0 fully saturated rings. The molecule has 0 amide bonds. The van der Waals surface area contributed by atoms with E-state index in [1.165, 1.54) is 21.3 Å². The fourth-order valence-electron chi connectivity index (χ4n) is 3.49. The van der Waals surface area contributed by atoms with E-state index in [9.17, 15) is 14.4 Å². The van der Waals surface area contributed by atoms with Gasteiger partial charge in [-0.25, -0.2) is 14.4 Å². The van der Waals surface area contributed by atoms with Gasteiger partial charge in [-0.05, 0) is 72.8 Å². The van der Waals surface area contributed by atoms with Gasteiger partial charge in [0.1, 0.15) is 23.2 Å². The first kappa shape index (κ1) is 30.2. The summed E-state index contributed by atoms with van der Waals surface area (Å²) in [6.07, 6.45) is 0. The van der Waals surface area contributed by atoms with E-state index in [2.05, 4.69) is 6.66 Å². The number of carbonyl (C=O) groups is 3. The molecular formula is C25H24Cl3O6PZn. The molecule has 0 atom stereocenters. The molecule has 0 saturated heterocycles. The van der Waals surface area contributed by atoms with Gasteiger partial charge in [-0.1, -0.05) is 0 Å². The van der Waals surface area contributed by atoms with Gasteiger partial charge in [0.25, 0.3) is 0 Å². The summed E-state index contributed by atoms with van der Waals surface area (Å²) in [6, 6.07) is 22.0. The number of carbonyl (C=O) groups excluding carboxylic acids is 3. The van der Waals surface area contributed by atoms with Crippen LogP contribution in [-0.4, -0.2) is 45.9 Å². The Morgan fingerprint density at radius 2 is 0.750 bits per heavy atom. The Balaban J connectivity index is 0.00000106. The van der Waals surface area contributed by atoms with Crippen LogP contribution in [0.5, 0.6) is 0 Å². The molecule has 0 spiro atoms. The van der Waals surface area contributed by atoms with E-state index in [1.807, 2.05) is 36.4 Å². The summed E-state index contributed by atoms with van der Waals surface area (Å²) < 4.78 is 14.4. The summed E-state index contributed by atoms with van der Waals surface area (Å²) in [5, 5.41) is 3.09.